The van der Waals surface area contributed by atoms with Gasteiger partial charge < -0.3 is 4.90 Å². The Morgan fingerprint density at radius 3 is 2.90 bits per heavy atom. The lowest BCUT2D eigenvalue weighted by Gasteiger charge is -2.07. The summed E-state index contributed by atoms with van der Waals surface area (Å²) in [6.45, 7) is 0. The Hall–Kier alpha value is -1.05. The molecule has 0 radical (unpaired) electrons. The van der Waals surface area contributed by atoms with Crippen LogP contribution in [-0.2, 0) is 0 Å². The summed E-state index contributed by atoms with van der Waals surface area (Å²) in [5, 5.41) is 0. The Morgan fingerprint density at radius 1 is 1.60 bits per heavy atom. The summed E-state index contributed by atoms with van der Waals surface area (Å²) in [5.74, 6) is 0. The Morgan fingerprint density at radius 2 is 2.40 bits per heavy atom. The zero-order chi connectivity index (χ0) is 7.40. The lowest BCUT2D eigenvalue weighted by atomic mass is 10.2. The Labute approximate surface area is 61.6 Å². The van der Waals surface area contributed by atoms with Crippen molar-refractivity contribution in [2.75, 3.05) is 14.1 Å². The van der Waals surface area contributed by atoms with E-state index in [1.165, 1.54) is 5.57 Å². The predicted molar refractivity (Wildman–Crippen MR) is 44.0 cm³/mol. The van der Waals surface area contributed by atoms with Gasteiger partial charge in [0.1, 0.15) is 0 Å². The summed E-state index contributed by atoms with van der Waals surface area (Å²) >= 11 is 0. The molecule has 0 fully saturated rings. The first-order valence-electron chi connectivity index (χ1n) is 3.34. The normalized spacial score (nSPS) is 20.0. The monoisotopic (exact) mass is 136 g/mol. The number of hydrogen-bond acceptors (Lipinski definition) is 2. The summed E-state index contributed by atoms with van der Waals surface area (Å²) in [5.41, 5.74) is 1.31. The zero-order valence-corrected chi connectivity index (χ0v) is 6.41. The number of aliphatic imine (C=N–C) groups is 1. The van der Waals surface area contributed by atoms with E-state index in [4.69, 9.17) is 0 Å². The van der Waals surface area contributed by atoms with E-state index in [0.29, 0.717) is 0 Å². The smallest absolute Gasteiger partial charge is 0.0267 e. The lowest BCUT2D eigenvalue weighted by molar-refractivity contribution is 0.559. The molecule has 0 aliphatic carbocycles. The van der Waals surface area contributed by atoms with Gasteiger partial charge in [-0.1, -0.05) is 0 Å². The molecule has 0 bridgehead atoms. The number of hydrogen-bond donors (Lipinski definition) is 0. The van der Waals surface area contributed by atoms with Crippen molar-refractivity contribution in [3.8, 4) is 0 Å². The van der Waals surface area contributed by atoms with Crippen LogP contribution < -0.4 is 0 Å². The topological polar surface area (TPSA) is 15.6 Å². The van der Waals surface area contributed by atoms with Crippen LogP contribution in [0, 0.1) is 0 Å². The molecule has 0 aromatic rings. The molecule has 0 atom stereocenters. The minimum absolute atomic E-state index is 0.953. The summed E-state index contributed by atoms with van der Waals surface area (Å²) in [6, 6.07) is 0. The molecule has 2 nitrogen and oxygen atoms in total. The second kappa shape index (κ2) is 3.20. The van der Waals surface area contributed by atoms with Gasteiger partial charge in [-0.15, -0.1) is 0 Å². The van der Waals surface area contributed by atoms with Crippen molar-refractivity contribution in [1.82, 2.24) is 4.90 Å². The molecule has 1 rings (SSSR count). The zero-order valence-electron chi connectivity index (χ0n) is 6.41. The first kappa shape index (κ1) is 7.06. The van der Waals surface area contributed by atoms with Crippen LogP contribution in [0.4, 0.5) is 0 Å². The highest BCUT2D eigenvalue weighted by atomic mass is 15.0. The first-order chi connectivity index (χ1) is 4.79. The number of allylic oxidation sites excluding steroid dienone is 2. The third kappa shape index (κ3) is 2.05. The van der Waals surface area contributed by atoms with Crippen LogP contribution in [0.25, 0.3) is 0 Å². The van der Waals surface area contributed by atoms with Crippen molar-refractivity contribution in [3.63, 3.8) is 0 Å². The molecule has 0 aromatic heterocycles. The van der Waals surface area contributed by atoms with E-state index < -0.39 is 0 Å². The summed E-state index contributed by atoms with van der Waals surface area (Å²) < 4.78 is 0. The van der Waals surface area contributed by atoms with E-state index in [2.05, 4.69) is 11.2 Å². The molecular weight excluding hydrogens is 124 g/mol. The number of rotatable bonds is 1. The fourth-order valence-corrected chi connectivity index (χ4v) is 0.853. The van der Waals surface area contributed by atoms with Crippen LogP contribution >= 0.6 is 0 Å². The van der Waals surface area contributed by atoms with Crippen molar-refractivity contribution in [2.45, 2.75) is 6.42 Å². The highest BCUT2D eigenvalue weighted by Crippen LogP contribution is 2.05. The Balaban J connectivity index is 2.58. The first-order valence-corrected chi connectivity index (χ1v) is 3.34. The van der Waals surface area contributed by atoms with Crippen LogP contribution in [0.1, 0.15) is 6.42 Å². The van der Waals surface area contributed by atoms with Crippen LogP contribution in [0.3, 0.4) is 0 Å². The number of nitrogens with zero attached hydrogens (tertiary/aromatic N) is 2. The molecule has 1 aliphatic heterocycles. The van der Waals surface area contributed by atoms with Gasteiger partial charge in [0.15, 0.2) is 0 Å². The Kier molecular flexibility index (Phi) is 2.26. The average Bonchev–Trinajstić information content (AvgIpc) is 1.88. The maximum Gasteiger partial charge on any atom is 0.0267 e. The molecule has 54 valence electrons. The third-order valence-electron chi connectivity index (χ3n) is 1.23. The summed E-state index contributed by atoms with van der Waals surface area (Å²) in [7, 11) is 4.04. The van der Waals surface area contributed by atoms with Gasteiger partial charge in [0.05, 0.1) is 0 Å². The second-order valence-corrected chi connectivity index (χ2v) is 2.52. The average molecular weight is 136 g/mol. The molecular formula is C8H12N2. The molecule has 2 heteroatoms. The van der Waals surface area contributed by atoms with E-state index in [9.17, 15) is 0 Å². The van der Waals surface area contributed by atoms with E-state index in [0.717, 1.165) is 6.42 Å². The molecule has 0 spiro atoms. The van der Waals surface area contributed by atoms with Gasteiger partial charge in [-0.25, -0.2) is 0 Å². The molecule has 1 aliphatic rings. The highest BCUT2D eigenvalue weighted by Gasteiger charge is 1.93. The van der Waals surface area contributed by atoms with Gasteiger partial charge in [0.2, 0.25) is 0 Å². The summed E-state index contributed by atoms with van der Waals surface area (Å²) in [4.78, 5) is 6.01. The maximum absolute atomic E-state index is 3.97. The van der Waals surface area contributed by atoms with Gasteiger partial charge in [-0.3, -0.25) is 4.99 Å². The van der Waals surface area contributed by atoms with Crippen molar-refractivity contribution >= 4 is 6.21 Å². The van der Waals surface area contributed by atoms with Crippen LogP contribution in [0.2, 0.25) is 0 Å². The van der Waals surface area contributed by atoms with E-state index in [1.807, 2.05) is 37.5 Å². The molecule has 0 saturated carbocycles. The largest absolute Gasteiger partial charge is 0.383 e. The second-order valence-electron chi connectivity index (χ2n) is 2.52. The molecule has 10 heavy (non-hydrogen) atoms. The molecule has 0 aromatic carbocycles. The highest BCUT2D eigenvalue weighted by molar-refractivity contribution is 5.65. The van der Waals surface area contributed by atoms with Crippen molar-refractivity contribution < 1.29 is 0 Å². The quantitative estimate of drug-likeness (QED) is 0.532. The van der Waals surface area contributed by atoms with Gasteiger partial charge in [-0.2, -0.15) is 0 Å². The van der Waals surface area contributed by atoms with Crippen molar-refractivity contribution in [1.29, 1.82) is 0 Å². The van der Waals surface area contributed by atoms with Crippen LogP contribution in [0.15, 0.2) is 29.0 Å². The van der Waals surface area contributed by atoms with E-state index in [-0.39, 0.29) is 0 Å². The molecule has 1 heterocycles. The fourth-order valence-electron chi connectivity index (χ4n) is 0.853. The van der Waals surface area contributed by atoms with Gasteiger partial charge >= 0.3 is 0 Å². The van der Waals surface area contributed by atoms with E-state index >= 15 is 0 Å². The van der Waals surface area contributed by atoms with Gasteiger partial charge in [-0.05, 0) is 11.6 Å². The van der Waals surface area contributed by atoms with E-state index in [1.54, 1.807) is 0 Å². The van der Waals surface area contributed by atoms with Crippen molar-refractivity contribution in [3.05, 3.63) is 24.0 Å². The van der Waals surface area contributed by atoms with Crippen LogP contribution in [0.5, 0.6) is 0 Å². The predicted octanol–water partition coefficient (Wildman–Crippen LogP) is 1.42. The van der Waals surface area contributed by atoms with Crippen LogP contribution in [-0.4, -0.2) is 25.2 Å². The Bertz CT molecular complexity index is 187. The van der Waals surface area contributed by atoms with Gasteiger partial charge in [0.25, 0.3) is 0 Å². The SMILES string of the molecule is CN(C)C=C1C=CN=CC1. The molecule has 0 amide bonds. The van der Waals surface area contributed by atoms with Crippen molar-refractivity contribution in [2.24, 2.45) is 4.99 Å². The maximum atomic E-state index is 3.97. The fraction of sp³-hybridized carbons (Fsp3) is 0.375. The molecule has 0 saturated heterocycles. The molecule has 0 N–H and O–H groups in total. The molecule has 0 unspecified atom stereocenters. The minimum atomic E-state index is 0.953. The summed E-state index contributed by atoms with van der Waals surface area (Å²) in [6.07, 6.45) is 8.81. The van der Waals surface area contributed by atoms with Gasteiger partial charge in [0, 0.05) is 39.1 Å². The third-order valence-corrected chi connectivity index (χ3v) is 1.23. The minimum Gasteiger partial charge on any atom is -0.383 e. The lowest BCUT2D eigenvalue weighted by Crippen LogP contribution is -2.03. The standard InChI is InChI=1S/C8H12N2/c1-10(2)7-8-3-5-9-6-4-8/h3,5-7H,4H2,1-2H3.